The molecule has 118 valence electrons. The fraction of sp³-hybridized carbons (Fsp3) is 0.533. The van der Waals surface area contributed by atoms with Gasteiger partial charge in [0.25, 0.3) is 0 Å². The van der Waals surface area contributed by atoms with Crippen LogP contribution in [0.4, 0.5) is 0 Å². The predicted molar refractivity (Wildman–Crippen MR) is 80.7 cm³/mol. The molecule has 1 aromatic carbocycles. The zero-order valence-corrected chi connectivity index (χ0v) is 12.8. The number of carbonyl (C=O) groups excluding carboxylic acids is 1. The Labute approximate surface area is 125 Å². The second kappa shape index (κ2) is 9.20. The number of ether oxygens (including phenoxy) is 3. The van der Waals surface area contributed by atoms with E-state index in [9.17, 15) is 4.79 Å². The van der Waals surface area contributed by atoms with Crippen molar-refractivity contribution < 1.29 is 19.0 Å². The number of hydrogen-bond donors (Lipinski definition) is 2. The lowest BCUT2D eigenvalue weighted by Gasteiger charge is -2.12. The number of methoxy groups -OCH3 is 3. The van der Waals surface area contributed by atoms with Crippen LogP contribution in [-0.2, 0) is 16.0 Å². The van der Waals surface area contributed by atoms with Crippen LogP contribution in [0.1, 0.15) is 12.0 Å². The van der Waals surface area contributed by atoms with Gasteiger partial charge in [0.15, 0.2) is 11.5 Å². The van der Waals surface area contributed by atoms with E-state index in [-0.39, 0.29) is 11.9 Å². The molecule has 6 nitrogen and oxygen atoms in total. The molecule has 0 aliphatic carbocycles. The minimum Gasteiger partial charge on any atom is -0.493 e. The van der Waals surface area contributed by atoms with Crippen molar-refractivity contribution in [3.63, 3.8) is 0 Å². The van der Waals surface area contributed by atoms with E-state index < -0.39 is 0 Å². The van der Waals surface area contributed by atoms with Crippen molar-refractivity contribution in [3.05, 3.63) is 23.8 Å². The summed E-state index contributed by atoms with van der Waals surface area (Å²) in [5.41, 5.74) is 6.65. The molecule has 0 saturated heterocycles. The molecule has 0 saturated carbocycles. The fourth-order valence-electron chi connectivity index (χ4n) is 1.93. The SMILES string of the molecule is COCC(N)CCNC(=O)Cc1ccc(OC)c(OC)c1. The zero-order valence-electron chi connectivity index (χ0n) is 12.8. The van der Waals surface area contributed by atoms with Gasteiger partial charge in [0.2, 0.25) is 5.91 Å². The number of carbonyl (C=O) groups is 1. The number of benzene rings is 1. The molecule has 0 aliphatic rings. The molecule has 21 heavy (non-hydrogen) atoms. The van der Waals surface area contributed by atoms with Crippen molar-refractivity contribution in [3.8, 4) is 11.5 Å². The number of nitrogens with two attached hydrogens (primary N) is 1. The van der Waals surface area contributed by atoms with Crippen molar-refractivity contribution in [2.75, 3.05) is 34.5 Å². The first-order valence-electron chi connectivity index (χ1n) is 6.82. The Balaban J connectivity index is 2.44. The van der Waals surface area contributed by atoms with Gasteiger partial charge in [-0.25, -0.2) is 0 Å². The topological polar surface area (TPSA) is 82.8 Å². The van der Waals surface area contributed by atoms with Crippen molar-refractivity contribution in [1.82, 2.24) is 5.32 Å². The van der Waals surface area contributed by atoms with Gasteiger partial charge in [-0.3, -0.25) is 4.79 Å². The molecule has 6 heteroatoms. The van der Waals surface area contributed by atoms with E-state index in [4.69, 9.17) is 19.9 Å². The number of hydrogen-bond acceptors (Lipinski definition) is 5. The fourth-order valence-corrected chi connectivity index (χ4v) is 1.93. The Morgan fingerprint density at radius 2 is 1.95 bits per heavy atom. The van der Waals surface area contributed by atoms with Crippen LogP contribution in [0.5, 0.6) is 11.5 Å². The molecule has 0 aromatic heterocycles. The molecule has 0 fully saturated rings. The molecular formula is C15H24N2O4. The first kappa shape index (κ1) is 17.3. The Bertz CT molecular complexity index is 451. The minimum absolute atomic E-state index is 0.0492. The van der Waals surface area contributed by atoms with E-state index in [1.54, 1.807) is 33.5 Å². The van der Waals surface area contributed by atoms with Gasteiger partial charge in [-0.2, -0.15) is 0 Å². The van der Waals surface area contributed by atoms with Crippen LogP contribution in [0.2, 0.25) is 0 Å². The summed E-state index contributed by atoms with van der Waals surface area (Å²) >= 11 is 0. The number of rotatable bonds is 9. The van der Waals surface area contributed by atoms with Gasteiger partial charge in [0.05, 0.1) is 27.2 Å². The van der Waals surface area contributed by atoms with E-state index in [1.165, 1.54) is 0 Å². The van der Waals surface area contributed by atoms with Crippen LogP contribution in [0, 0.1) is 0 Å². The zero-order chi connectivity index (χ0) is 15.7. The van der Waals surface area contributed by atoms with Gasteiger partial charge in [0, 0.05) is 19.7 Å². The summed E-state index contributed by atoms with van der Waals surface area (Å²) < 4.78 is 15.3. The molecule has 0 spiro atoms. The molecular weight excluding hydrogens is 272 g/mol. The molecule has 1 aromatic rings. The second-order valence-corrected chi connectivity index (χ2v) is 4.72. The quantitative estimate of drug-likeness (QED) is 0.702. The van der Waals surface area contributed by atoms with Gasteiger partial charge in [0.1, 0.15) is 0 Å². The van der Waals surface area contributed by atoms with E-state index in [1.807, 2.05) is 6.07 Å². The Kier molecular flexibility index (Phi) is 7.56. The van der Waals surface area contributed by atoms with Crippen molar-refractivity contribution in [1.29, 1.82) is 0 Å². The lowest BCUT2D eigenvalue weighted by molar-refractivity contribution is -0.120. The first-order valence-corrected chi connectivity index (χ1v) is 6.82. The van der Waals surface area contributed by atoms with Gasteiger partial charge in [-0.1, -0.05) is 6.07 Å². The van der Waals surface area contributed by atoms with E-state index in [0.717, 1.165) is 5.56 Å². The van der Waals surface area contributed by atoms with E-state index >= 15 is 0 Å². The molecule has 1 atom stereocenters. The third-order valence-electron chi connectivity index (χ3n) is 3.03. The molecule has 0 aliphatic heterocycles. The van der Waals surface area contributed by atoms with E-state index in [0.29, 0.717) is 37.5 Å². The van der Waals surface area contributed by atoms with Gasteiger partial charge >= 0.3 is 0 Å². The Morgan fingerprint density at radius 3 is 2.57 bits per heavy atom. The van der Waals surface area contributed by atoms with Crippen LogP contribution in [0.25, 0.3) is 0 Å². The summed E-state index contributed by atoms with van der Waals surface area (Å²) in [5.74, 6) is 1.21. The van der Waals surface area contributed by atoms with Crippen LogP contribution in [-0.4, -0.2) is 46.4 Å². The summed E-state index contributed by atoms with van der Waals surface area (Å²) in [6.07, 6.45) is 0.978. The van der Waals surface area contributed by atoms with Crippen LogP contribution >= 0.6 is 0 Å². The van der Waals surface area contributed by atoms with Gasteiger partial charge in [-0.05, 0) is 24.1 Å². The molecule has 1 amide bonds. The highest BCUT2D eigenvalue weighted by atomic mass is 16.5. The normalized spacial score (nSPS) is 11.8. The summed E-state index contributed by atoms with van der Waals surface area (Å²) in [5, 5.41) is 2.84. The highest BCUT2D eigenvalue weighted by Gasteiger charge is 2.09. The molecule has 0 heterocycles. The largest absolute Gasteiger partial charge is 0.493 e. The minimum atomic E-state index is -0.0589. The van der Waals surface area contributed by atoms with Crippen LogP contribution < -0.4 is 20.5 Å². The van der Waals surface area contributed by atoms with Crippen molar-refractivity contribution in [2.45, 2.75) is 18.9 Å². The average Bonchev–Trinajstić information content (AvgIpc) is 2.47. The van der Waals surface area contributed by atoms with Crippen molar-refractivity contribution >= 4 is 5.91 Å². The van der Waals surface area contributed by atoms with Gasteiger partial charge in [-0.15, -0.1) is 0 Å². The molecule has 0 radical (unpaired) electrons. The second-order valence-electron chi connectivity index (χ2n) is 4.72. The number of amides is 1. The summed E-state index contributed by atoms with van der Waals surface area (Å²) in [7, 11) is 4.75. The highest BCUT2D eigenvalue weighted by molar-refractivity contribution is 5.78. The number of nitrogens with one attached hydrogen (secondary N) is 1. The average molecular weight is 296 g/mol. The Hall–Kier alpha value is -1.79. The Morgan fingerprint density at radius 1 is 1.24 bits per heavy atom. The van der Waals surface area contributed by atoms with Crippen LogP contribution in [0.15, 0.2) is 18.2 Å². The summed E-state index contributed by atoms with van der Waals surface area (Å²) in [6, 6.07) is 5.37. The van der Waals surface area contributed by atoms with Gasteiger partial charge < -0.3 is 25.3 Å². The third kappa shape index (κ3) is 6.01. The lowest BCUT2D eigenvalue weighted by atomic mass is 10.1. The van der Waals surface area contributed by atoms with Crippen LogP contribution in [0.3, 0.4) is 0 Å². The monoisotopic (exact) mass is 296 g/mol. The predicted octanol–water partition coefficient (Wildman–Crippen LogP) is 0.726. The molecule has 0 bridgehead atoms. The first-order chi connectivity index (χ1) is 10.1. The highest BCUT2D eigenvalue weighted by Crippen LogP contribution is 2.27. The summed E-state index contributed by atoms with van der Waals surface area (Å²) in [4.78, 5) is 11.9. The lowest BCUT2D eigenvalue weighted by Crippen LogP contribution is -2.33. The summed E-state index contributed by atoms with van der Waals surface area (Å²) in [6.45, 7) is 1.03. The molecule has 1 unspecified atom stereocenters. The maximum atomic E-state index is 11.9. The molecule has 1 rings (SSSR count). The smallest absolute Gasteiger partial charge is 0.224 e. The van der Waals surface area contributed by atoms with Crippen molar-refractivity contribution in [2.24, 2.45) is 5.73 Å². The van der Waals surface area contributed by atoms with E-state index in [2.05, 4.69) is 5.32 Å². The molecule has 3 N–H and O–H groups in total. The standard InChI is InChI=1S/C15H24N2O4/c1-19-10-12(16)6-7-17-15(18)9-11-4-5-13(20-2)14(8-11)21-3/h4-5,8,12H,6-7,9-10,16H2,1-3H3,(H,17,18). The maximum Gasteiger partial charge on any atom is 0.224 e. The maximum absolute atomic E-state index is 11.9. The third-order valence-corrected chi connectivity index (χ3v) is 3.03.